The number of hydrogen-bond donors (Lipinski definition) is 1. The summed E-state index contributed by atoms with van der Waals surface area (Å²) in [5.74, 6) is 0.794. The van der Waals surface area contributed by atoms with Gasteiger partial charge in [0.2, 0.25) is 5.91 Å². The molecule has 1 aliphatic rings. The summed E-state index contributed by atoms with van der Waals surface area (Å²) in [4.78, 5) is 26.3. The fraction of sp³-hybridized carbons (Fsp3) is 0.579. The minimum absolute atomic E-state index is 0.0424. The summed E-state index contributed by atoms with van der Waals surface area (Å²) >= 11 is 3.42. The van der Waals surface area contributed by atoms with E-state index in [2.05, 4.69) is 21.2 Å². The molecule has 1 N–H and O–H groups in total. The monoisotopic (exact) mass is 426 g/mol. The third-order valence-electron chi connectivity index (χ3n) is 4.16. The molecule has 1 fully saturated rings. The van der Waals surface area contributed by atoms with Gasteiger partial charge in [-0.3, -0.25) is 4.79 Å². The van der Waals surface area contributed by atoms with Crippen molar-refractivity contribution in [1.29, 1.82) is 0 Å². The number of benzene rings is 1. The Labute approximate surface area is 163 Å². The second-order valence-electron chi connectivity index (χ2n) is 6.79. The van der Waals surface area contributed by atoms with Crippen molar-refractivity contribution in [2.45, 2.75) is 33.6 Å². The first-order valence-electron chi connectivity index (χ1n) is 9.05. The van der Waals surface area contributed by atoms with Gasteiger partial charge in [-0.05, 0) is 43.9 Å². The third-order valence-corrected chi connectivity index (χ3v) is 4.66. The Bertz CT molecular complexity index is 628. The van der Waals surface area contributed by atoms with Gasteiger partial charge >= 0.3 is 6.09 Å². The van der Waals surface area contributed by atoms with Gasteiger partial charge in [-0.1, -0.05) is 29.8 Å². The van der Waals surface area contributed by atoms with Crippen LogP contribution in [0, 0.1) is 11.8 Å². The fourth-order valence-corrected chi connectivity index (χ4v) is 3.13. The van der Waals surface area contributed by atoms with Crippen LogP contribution in [0.3, 0.4) is 0 Å². The lowest BCUT2D eigenvalue weighted by molar-refractivity contribution is -0.121. The van der Waals surface area contributed by atoms with Crippen LogP contribution in [0.15, 0.2) is 22.7 Å². The number of rotatable bonds is 6. The minimum atomic E-state index is -0.289. The van der Waals surface area contributed by atoms with Gasteiger partial charge in [0, 0.05) is 23.5 Å². The number of carbonyl (C=O) groups is 2. The van der Waals surface area contributed by atoms with Crippen molar-refractivity contribution in [2.24, 2.45) is 11.8 Å². The van der Waals surface area contributed by atoms with Crippen molar-refractivity contribution < 1.29 is 19.1 Å². The zero-order valence-electron chi connectivity index (χ0n) is 15.6. The maximum absolute atomic E-state index is 12.6. The van der Waals surface area contributed by atoms with Gasteiger partial charge in [-0.2, -0.15) is 0 Å². The van der Waals surface area contributed by atoms with E-state index in [9.17, 15) is 9.59 Å². The molecule has 0 atom stereocenters. The second-order valence-corrected chi connectivity index (χ2v) is 7.71. The molecule has 0 aromatic heterocycles. The maximum Gasteiger partial charge on any atom is 0.409 e. The molecule has 0 bridgehead atoms. The summed E-state index contributed by atoms with van der Waals surface area (Å²) in [6.07, 6.45) is 0.962. The van der Waals surface area contributed by atoms with Crippen LogP contribution in [0.2, 0.25) is 0 Å². The molecular formula is C19H27BrN2O4. The first kappa shape index (κ1) is 20.6. The number of carbonyl (C=O) groups excluding carboxylic acids is 2. The number of amides is 2. The second kappa shape index (κ2) is 9.80. The van der Waals surface area contributed by atoms with Crippen LogP contribution < -0.4 is 10.1 Å². The smallest absolute Gasteiger partial charge is 0.409 e. The van der Waals surface area contributed by atoms with E-state index in [1.54, 1.807) is 4.90 Å². The number of nitrogens with one attached hydrogen (secondary N) is 1. The first-order valence-corrected chi connectivity index (χ1v) is 9.85. The molecule has 2 amide bonds. The number of halogens is 1. The molecule has 1 aliphatic heterocycles. The fourth-order valence-electron chi connectivity index (χ4n) is 2.77. The average molecular weight is 427 g/mol. The van der Waals surface area contributed by atoms with Gasteiger partial charge in [0.25, 0.3) is 0 Å². The molecular weight excluding hydrogens is 400 g/mol. The molecule has 144 valence electrons. The highest BCUT2D eigenvalue weighted by molar-refractivity contribution is 9.10. The Morgan fingerprint density at radius 1 is 1.31 bits per heavy atom. The van der Waals surface area contributed by atoms with Crippen molar-refractivity contribution in [2.75, 3.05) is 31.6 Å². The molecule has 26 heavy (non-hydrogen) atoms. The maximum atomic E-state index is 12.6. The summed E-state index contributed by atoms with van der Waals surface area (Å²) in [6, 6.07) is 5.54. The predicted octanol–water partition coefficient (Wildman–Crippen LogP) is 4.29. The largest absolute Gasteiger partial charge is 0.492 e. The molecule has 1 aromatic rings. The summed E-state index contributed by atoms with van der Waals surface area (Å²) in [6.45, 7) is 7.92. The average Bonchev–Trinajstić information content (AvgIpc) is 2.62. The molecule has 1 saturated heterocycles. The lowest BCUT2D eigenvalue weighted by Crippen LogP contribution is -2.42. The van der Waals surface area contributed by atoms with Crippen molar-refractivity contribution >= 4 is 33.6 Å². The standard InChI is InChI=1S/C19H27BrN2O4/c1-4-25-17-6-5-15(20)11-16(17)21-18(23)14-7-9-22(10-8-14)19(24)26-12-13(2)3/h5-6,11,13-14H,4,7-10,12H2,1-3H3,(H,21,23). The molecule has 0 saturated carbocycles. The first-order chi connectivity index (χ1) is 12.4. The summed E-state index contributed by atoms with van der Waals surface area (Å²) in [7, 11) is 0. The van der Waals surface area contributed by atoms with Crippen molar-refractivity contribution in [3.8, 4) is 5.75 Å². The summed E-state index contributed by atoms with van der Waals surface area (Å²) < 4.78 is 11.7. The lowest BCUT2D eigenvalue weighted by Gasteiger charge is -2.31. The molecule has 6 nitrogen and oxygen atoms in total. The van der Waals surface area contributed by atoms with Gasteiger partial charge in [-0.15, -0.1) is 0 Å². The Morgan fingerprint density at radius 3 is 2.62 bits per heavy atom. The highest BCUT2D eigenvalue weighted by Crippen LogP contribution is 2.29. The molecule has 1 aromatic carbocycles. The van der Waals surface area contributed by atoms with E-state index in [4.69, 9.17) is 9.47 Å². The Morgan fingerprint density at radius 2 is 2.00 bits per heavy atom. The Balaban J connectivity index is 1.89. The predicted molar refractivity (Wildman–Crippen MR) is 104 cm³/mol. The SMILES string of the molecule is CCOc1ccc(Br)cc1NC(=O)C1CCN(C(=O)OCC(C)C)CC1. The summed E-state index contributed by atoms with van der Waals surface area (Å²) in [5, 5.41) is 2.96. The number of anilines is 1. The van der Waals surface area contributed by atoms with Crippen molar-refractivity contribution in [3.05, 3.63) is 22.7 Å². The zero-order chi connectivity index (χ0) is 19.1. The van der Waals surface area contributed by atoms with E-state index in [0.29, 0.717) is 56.5 Å². The number of ether oxygens (including phenoxy) is 2. The van der Waals surface area contributed by atoms with Crippen LogP contribution in [0.25, 0.3) is 0 Å². The van der Waals surface area contributed by atoms with E-state index in [-0.39, 0.29) is 17.9 Å². The van der Waals surface area contributed by atoms with Crippen LogP contribution in [0.1, 0.15) is 33.6 Å². The highest BCUT2D eigenvalue weighted by atomic mass is 79.9. The molecule has 0 unspecified atom stereocenters. The molecule has 2 rings (SSSR count). The quantitative estimate of drug-likeness (QED) is 0.736. The molecule has 0 radical (unpaired) electrons. The molecule has 7 heteroatoms. The van der Waals surface area contributed by atoms with E-state index in [1.807, 2.05) is 39.0 Å². The van der Waals surface area contributed by atoms with Crippen LogP contribution in [-0.4, -0.2) is 43.2 Å². The lowest BCUT2D eigenvalue weighted by atomic mass is 9.96. The van der Waals surface area contributed by atoms with Gasteiger partial charge in [0.15, 0.2) is 0 Å². The van der Waals surface area contributed by atoms with E-state index < -0.39 is 0 Å². The third kappa shape index (κ3) is 5.90. The van der Waals surface area contributed by atoms with Crippen molar-refractivity contribution in [1.82, 2.24) is 4.90 Å². The Kier molecular flexibility index (Phi) is 7.75. The van der Waals surface area contributed by atoms with E-state index in [1.165, 1.54) is 0 Å². The van der Waals surface area contributed by atoms with Gasteiger partial charge in [0.1, 0.15) is 5.75 Å². The van der Waals surface area contributed by atoms with E-state index >= 15 is 0 Å². The van der Waals surface area contributed by atoms with Crippen molar-refractivity contribution in [3.63, 3.8) is 0 Å². The normalized spacial score (nSPS) is 15.0. The van der Waals surface area contributed by atoms with Crippen LogP contribution in [0.5, 0.6) is 5.75 Å². The van der Waals surface area contributed by atoms with E-state index in [0.717, 1.165) is 4.47 Å². The molecule has 1 heterocycles. The molecule has 0 spiro atoms. The number of likely N-dealkylation sites (tertiary alicyclic amines) is 1. The number of hydrogen-bond acceptors (Lipinski definition) is 4. The van der Waals surface area contributed by atoms with Gasteiger partial charge < -0.3 is 19.7 Å². The topological polar surface area (TPSA) is 67.9 Å². The number of piperidine rings is 1. The van der Waals surface area contributed by atoms with Gasteiger partial charge in [0.05, 0.1) is 18.9 Å². The van der Waals surface area contributed by atoms with Crippen LogP contribution in [-0.2, 0) is 9.53 Å². The minimum Gasteiger partial charge on any atom is -0.492 e. The van der Waals surface area contributed by atoms with Gasteiger partial charge in [-0.25, -0.2) is 4.79 Å². The zero-order valence-corrected chi connectivity index (χ0v) is 17.2. The summed E-state index contributed by atoms with van der Waals surface area (Å²) in [5.41, 5.74) is 0.657. The highest BCUT2D eigenvalue weighted by Gasteiger charge is 2.28. The Hall–Kier alpha value is -1.76. The van der Waals surface area contributed by atoms with Crippen LogP contribution in [0.4, 0.5) is 10.5 Å². The van der Waals surface area contributed by atoms with Crippen LogP contribution >= 0.6 is 15.9 Å². The number of nitrogens with zero attached hydrogens (tertiary/aromatic N) is 1. The molecule has 0 aliphatic carbocycles.